The molecule has 0 aliphatic carbocycles. The lowest BCUT2D eigenvalue weighted by Gasteiger charge is -2.17. The van der Waals surface area contributed by atoms with Gasteiger partial charge in [-0.1, -0.05) is 30.3 Å². The van der Waals surface area contributed by atoms with Crippen molar-refractivity contribution >= 4 is 22.4 Å². The van der Waals surface area contributed by atoms with Gasteiger partial charge in [-0.15, -0.1) is 0 Å². The molecule has 0 fully saturated rings. The van der Waals surface area contributed by atoms with Crippen LogP contribution in [0.15, 0.2) is 54.6 Å². The van der Waals surface area contributed by atoms with Gasteiger partial charge < -0.3 is 4.90 Å². The minimum Gasteiger partial charge on any atom is -0.302 e. The number of hydrogen-bond donors (Lipinski definition) is 0. The van der Waals surface area contributed by atoms with E-state index in [0.717, 1.165) is 33.4 Å². The van der Waals surface area contributed by atoms with Crippen LogP contribution in [0.5, 0.6) is 0 Å². The molecule has 102 valence electrons. The van der Waals surface area contributed by atoms with Crippen LogP contribution in [0.1, 0.15) is 21.7 Å². The van der Waals surface area contributed by atoms with Gasteiger partial charge in [0.15, 0.2) is 0 Å². The Hall–Kier alpha value is -2.68. The van der Waals surface area contributed by atoms with E-state index in [-0.39, 0.29) is 5.91 Å². The molecule has 0 saturated carbocycles. The molecule has 0 bridgehead atoms. The first-order valence-corrected chi connectivity index (χ1v) is 7.00. The molecule has 4 rings (SSSR count). The van der Waals surface area contributed by atoms with Gasteiger partial charge in [0.1, 0.15) is 0 Å². The number of hydrogen-bond acceptors (Lipinski definition) is 2. The fourth-order valence-corrected chi connectivity index (χ4v) is 2.99. The monoisotopic (exact) mass is 274 g/mol. The van der Waals surface area contributed by atoms with Gasteiger partial charge in [-0.05, 0) is 36.6 Å². The van der Waals surface area contributed by atoms with Gasteiger partial charge in [-0.2, -0.15) is 0 Å². The summed E-state index contributed by atoms with van der Waals surface area (Å²) in [4.78, 5) is 19.0. The number of carbonyl (C=O) groups excluding carboxylic acids is 1. The number of pyridine rings is 1. The van der Waals surface area contributed by atoms with Crippen molar-refractivity contribution in [3.05, 3.63) is 71.5 Å². The molecule has 21 heavy (non-hydrogen) atoms. The van der Waals surface area contributed by atoms with Gasteiger partial charge in [-0.3, -0.25) is 9.78 Å². The molecule has 3 heteroatoms. The van der Waals surface area contributed by atoms with Crippen molar-refractivity contribution in [2.75, 3.05) is 4.90 Å². The Kier molecular flexibility index (Phi) is 2.54. The maximum atomic E-state index is 12.7. The number of nitrogens with zero attached hydrogens (tertiary/aromatic N) is 2. The van der Waals surface area contributed by atoms with E-state index in [4.69, 9.17) is 0 Å². The Labute approximate surface area is 122 Å². The van der Waals surface area contributed by atoms with E-state index in [2.05, 4.69) is 4.98 Å². The van der Waals surface area contributed by atoms with Gasteiger partial charge in [-0.25, -0.2) is 0 Å². The van der Waals surface area contributed by atoms with Crippen LogP contribution in [0.3, 0.4) is 0 Å². The summed E-state index contributed by atoms with van der Waals surface area (Å²) in [6.07, 6.45) is 0. The molecule has 1 amide bonds. The van der Waals surface area contributed by atoms with Crippen LogP contribution in [0.2, 0.25) is 0 Å². The summed E-state index contributed by atoms with van der Waals surface area (Å²) in [6, 6.07) is 17.8. The summed E-state index contributed by atoms with van der Waals surface area (Å²) in [5.74, 6) is 0.0603. The van der Waals surface area contributed by atoms with Gasteiger partial charge in [0, 0.05) is 16.6 Å². The third-order valence-electron chi connectivity index (χ3n) is 3.92. The summed E-state index contributed by atoms with van der Waals surface area (Å²) in [5.41, 5.74) is 3.65. The Balaban J connectivity index is 1.82. The topological polar surface area (TPSA) is 33.2 Å². The first-order valence-electron chi connectivity index (χ1n) is 7.00. The predicted octanol–water partition coefficient (Wildman–Crippen LogP) is 3.70. The molecule has 1 aliphatic heterocycles. The average Bonchev–Trinajstić information content (AvgIpc) is 2.76. The molecule has 0 saturated heterocycles. The SMILES string of the molecule is Cc1cccc(CN2C(=O)c3cccc4cccc2c34)n1. The van der Waals surface area contributed by atoms with Crippen molar-refractivity contribution in [2.24, 2.45) is 0 Å². The zero-order valence-corrected chi connectivity index (χ0v) is 11.7. The summed E-state index contributed by atoms with van der Waals surface area (Å²) in [5, 5.41) is 2.16. The maximum absolute atomic E-state index is 12.7. The molecule has 0 atom stereocenters. The zero-order chi connectivity index (χ0) is 14.4. The molecule has 0 N–H and O–H groups in total. The van der Waals surface area contributed by atoms with Crippen LogP contribution in [-0.4, -0.2) is 10.9 Å². The molecule has 0 radical (unpaired) electrons. The molecule has 1 aliphatic rings. The normalized spacial score (nSPS) is 13.2. The summed E-state index contributed by atoms with van der Waals surface area (Å²) >= 11 is 0. The van der Waals surface area contributed by atoms with Crippen LogP contribution >= 0.6 is 0 Å². The molecule has 3 aromatic rings. The highest BCUT2D eigenvalue weighted by atomic mass is 16.2. The molecular formula is C18H14N2O. The van der Waals surface area contributed by atoms with Crippen LogP contribution in [0.4, 0.5) is 5.69 Å². The van der Waals surface area contributed by atoms with Crippen LogP contribution in [0, 0.1) is 6.92 Å². The highest BCUT2D eigenvalue weighted by molar-refractivity contribution is 6.24. The van der Waals surface area contributed by atoms with E-state index < -0.39 is 0 Å². The van der Waals surface area contributed by atoms with E-state index in [9.17, 15) is 4.79 Å². The Morgan fingerprint density at radius 1 is 1.00 bits per heavy atom. The number of aromatic nitrogens is 1. The largest absolute Gasteiger partial charge is 0.302 e. The lowest BCUT2D eigenvalue weighted by Crippen LogP contribution is -2.26. The zero-order valence-electron chi connectivity index (χ0n) is 11.7. The van der Waals surface area contributed by atoms with Crippen molar-refractivity contribution in [3.63, 3.8) is 0 Å². The Morgan fingerprint density at radius 3 is 2.57 bits per heavy atom. The lowest BCUT2D eigenvalue weighted by molar-refractivity contribution is 0.0991. The van der Waals surface area contributed by atoms with Crippen LogP contribution in [-0.2, 0) is 6.54 Å². The number of amides is 1. The lowest BCUT2D eigenvalue weighted by atomic mass is 10.1. The Morgan fingerprint density at radius 2 is 1.76 bits per heavy atom. The first kappa shape index (κ1) is 12.1. The number of aryl methyl sites for hydroxylation is 1. The van der Waals surface area contributed by atoms with Crippen molar-refractivity contribution in [3.8, 4) is 0 Å². The van der Waals surface area contributed by atoms with Gasteiger partial charge >= 0.3 is 0 Å². The Bertz CT molecular complexity index is 865. The summed E-state index contributed by atoms with van der Waals surface area (Å²) in [6.45, 7) is 2.47. The smallest absolute Gasteiger partial charge is 0.259 e. The second-order valence-corrected chi connectivity index (χ2v) is 5.34. The summed E-state index contributed by atoms with van der Waals surface area (Å²) < 4.78 is 0. The molecule has 1 aromatic heterocycles. The minimum absolute atomic E-state index is 0.0603. The minimum atomic E-state index is 0.0603. The van der Waals surface area contributed by atoms with Crippen molar-refractivity contribution in [2.45, 2.75) is 13.5 Å². The van der Waals surface area contributed by atoms with E-state index >= 15 is 0 Å². The highest BCUT2D eigenvalue weighted by Gasteiger charge is 2.29. The first-order chi connectivity index (χ1) is 10.2. The van der Waals surface area contributed by atoms with Gasteiger partial charge in [0.25, 0.3) is 5.91 Å². The third kappa shape index (κ3) is 1.82. The fraction of sp³-hybridized carbons (Fsp3) is 0.111. The van der Waals surface area contributed by atoms with E-state index in [1.807, 2.05) is 66.4 Å². The van der Waals surface area contributed by atoms with Crippen molar-refractivity contribution < 1.29 is 4.79 Å². The number of rotatable bonds is 2. The maximum Gasteiger partial charge on any atom is 0.259 e. The second kappa shape index (κ2) is 4.42. The van der Waals surface area contributed by atoms with E-state index in [1.165, 1.54) is 0 Å². The van der Waals surface area contributed by atoms with Gasteiger partial charge in [0.2, 0.25) is 0 Å². The van der Waals surface area contributed by atoms with Crippen molar-refractivity contribution in [1.82, 2.24) is 4.98 Å². The number of benzene rings is 2. The standard InChI is InChI=1S/C18H14N2O/c1-12-5-2-8-14(19-12)11-20-16-10-4-7-13-6-3-9-15(17(13)16)18(20)21/h2-10H,11H2,1H3. The molecule has 0 spiro atoms. The molecule has 2 heterocycles. The van der Waals surface area contributed by atoms with Crippen molar-refractivity contribution in [1.29, 1.82) is 0 Å². The van der Waals surface area contributed by atoms with Crippen LogP contribution in [0.25, 0.3) is 10.8 Å². The third-order valence-corrected chi connectivity index (χ3v) is 3.92. The predicted molar refractivity (Wildman–Crippen MR) is 83.4 cm³/mol. The summed E-state index contributed by atoms with van der Waals surface area (Å²) in [7, 11) is 0. The highest BCUT2D eigenvalue weighted by Crippen LogP contribution is 2.37. The molecule has 3 nitrogen and oxygen atoms in total. The fourth-order valence-electron chi connectivity index (χ4n) is 2.99. The quantitative estimate of drug-likeness (QED) is 0.714. The molecular weight excluding hydrogens is 260 g/mol. The van der Waals surface area contributed by atoms with Gasteiger partial charge in [0.05, 0.1) is 17.9 Å². The number of carbonyl (C=O) groups is 1. The average molecular weight is 274 g/mol. The second-order valence-electron chi connectivity index (χ2n) is 5.34. The van der Waals surface area contributed by atoms with E-state index in [0.29, 0.717) is 6.54 Å². The number of anilines is 1. The molecule has 2 aromatic carbocycles. The van der Waals surface area contributed by atoms with Crippen LogP contribution < -0.4 is 4.90 Å². The van der Waals surface area contributed by atoms with E-state index in [1.54, 1.807) is 0 Å². The molecule has 0 unspecified atom stereocenters.